The van der Waals surface area contributed by atoms with Gasteiger partial charge in [0.2, 0.25) is 0 Å². The fourth-order valence-corrected chi connectivity index (χ4v) is 2.88. The molecule has 4 nitrogen and oxygen atoms in total. The van der Waals surface area contributed by atoms with Crippen LogP contribution in [0.1, 0.15) is 25.5 Å². The third kappa shape index (κ3) is 3.51. The summed E-state index contributed by atoms with van der Waals surface area (Å²) in [6.45, 7) is 10.7. The van der Waals surface area contributed by atoms with Crippen LogP contribution >= 0.6 is 0 Å². The minimum Gasteiger partial charge on any atom is -0.379 e. The average molecular weight is 277 g/mol. The Morgan fingerprint density at radius 1 is 1.15 bits per heavy atom. The summed E-state index contributed by atoms with van der Waals surface area (Å²) in [5, 5.41) is 0. The van der Waals surface area contributed by atoms with Gasteiger partial charge >= 0.3 is 0 Å². The average Bonchev–Trinajstić information content (AvgIpc) is 2.52. The molecule has 4 heteroatoms. The van der Waals surface area contributed by atoms with Gasteiger partial charge in [0, 0.05) is 44.5 Å². The minimum atomic E-state index is 0.310. The first-order chi connectivity index (χ1) is 9.80. The zero-order valence-electron chi connectivity index (χ0n) is 12.7. The fraction of sp³-hybridized carbons (Fsp3) is 0.625. The highest BCUT2D eigenvalue weighted by atomic mass is 16.5. The molecule has 1 aliphatic rings. The molecule has 0 radical (unpaired) electrons. The first-order valence-electron chi connectivity index (χ1n) is 7.66. The maximum atomic E-state index is 5.99. The minimum absolute atomic E-state index is 0.310. The highest BCUT2D eigenvalue weighted by molar-refractivity contribution is 5.47. The van der Waals surface area contributed by atoms with Crippen LogP contribution in [0.4, 0.5) is 5.69 Å². The van der Waals surface area contributed by atoms with Crippen molar-refractivity contribution >= 4 is 5.69 Å². The molecule has 1 aromatic rings. The lowest BCUT2D eigenvalue weighted by Gasteiger charge is -2.34. The molecule has 1 atom stereocenters. The van der Waals surface area contributed by atoms with Crippen LogP contribution in [0.3, 0.4) is 0 Å². The molecule has 0 saturated carbocycles. The van der Waals surface area contributed by atoms with E-state index in [1.165, 1.54) is 11.3 Å². The van der Waals surface area contributed by atoms with Gasteiger partial charge in [-0.1, -0.05) is 12.1 Å². The van der Waals surface area contributed by atoms with E-state index in [1.807, 2.05) is 0 Å². The first kappa shape index (κ1) is 15.3. The largest absolute Gasteiger partial charge is 0.379 e. The topological polar surface area (TPSA) is 41.7 Å². The molecular weight excluding hydrogens is 250 g/mol. The molecule has 2 rings (SSSR count). The second-order valence-corrected chi connectivity index (χ2v) is 5.16. The van der Waals surface area contributed by atoms with E-state index in [-0.39, 0.29) is 0 Å². The molecule has 112 valence electrons. The third-order valence-corrected chi connectivity index (χ3v) is 4.12. The molecule has 0 aromatic heterocycles. The second-order valence-electron chi connectivity index (χ2n) is 5.16. The number of hydrogen-bond donors (Lipinski definition) is 1. The summed E-state index contributed by atoms with van der Waals surface area (Å²) in [5.74, 6) is 0. The summed E-state index contributed by atoms with van der Waals surface area (Å²) in [6.07, 6.45) is 0. The van der Waals surface area contributed by atoms with Crippen LogP contribution in [-0.4, -0.2) is 50.8 Å². The molecule has 1 aromatic carbocycles. The van der Waals surface area contributed by atoms with Crippen molar-refractivity contribution < 1.29 is 4.74 Å². The van der Waals surface area contributed by atoms with Crippen molar-refractivity contribution in [3.63, 3.8) is 0 Å². The predicted molar refractivity (Wildman–Crippen MR) is 84.2 cm³/mol. The number of hydrogen-bond acceptors (Lipinski definition) is 4. The smallest absolute Gasteiger partial charge is 0.0594 e. The van der Waals surface area contributed by atoms with Gasteiger partial charge in [-0.25, -0.2) is 0 Å². The summed E-state index contributed by atoms with van der Waals surface area (Å²) in [7, 11) is 0. The quantitative estimate of drug-likeness (QED) is 0.862. The van der Waals surface area contributed by atoms with Gasteiger partial charge in [0.15, 0.2) is 0 Å². The maximum Gasteiger partial charge on any atom is 0.0594 e. The van der Waals surface area contributed by atoms with Crippen LogP contribution < -0.4 is 10.6 Å². The van der Waals surface area contributed by atoms with Crippen molar-refractivity contribution in [2.24, 2.45) is 5.73 Å². The molecule has 1 heterocycles. The molecule has 0 amide bonds. The van der Waals surface area contributed by atoms with Crippen LogP contribution in [0.25, 0.3) is 0 Å². The Morgan fingerprint density at radius 2 is 1.75 bits per heavy atom. The normalized spacial score (nSPS) is 17.9. The van der Waals surface area contributed by atoms with Crippen LogP contribution in [0.5, 0.6) is 0 Å². The van der Waals surface area contributed by atoms with Gasteiger partial charge in [0.1, 0.15) is 0 Å². The number of nitrogens with zero attached hydrogens (tertiary/aromatic N) is 2. The van der Waals surface area contributed by atoms with Gasteiger partial charge in [-0.3, -0.25) is 4.90 Å². The first-order valence-corrected chi connectivity index (χ1v) is 7.66. The van der Waals surface area contributed by atoms with E-state index in [1.54, 1.807) is 0 Å². The zero-order chi connectivity index (χ0) is 14.4. The van der Waals surface area contributed by atoms with Gasteiger partial charge in [-0.05, 0) is 31.5 Å². The molecule has 1 aliphatic heterocycles. The molecule has 0 spiro atoms. The van der Waals surface area contributed by atoms with E-state index in [0.29, 0.717) is 12.6 Å². The summed E-state index contributed by atoms with van der Waals surface area (Å²) in [5.41, 5.74) is 8.59. The number of anilines is 1. The Balaban J connectivity index is 2.10. The molecule has 0 bridgehead atoms. The number of nitrogens with two attached hydrogens (primary N) is 1. The summed E-state index contributed by atoms with van der Waals surface area (Å²) in [4.78, 5) is 4.78. The molecule has 1 fully saturated rings. The number of rotatable bonds is 6. The van der Waals surface area contributed by atoms with Gasteiger partial charge in [-0.15, -0.1) is 0 Å². The number of benzene rings is 1. The van der Waals surface area contributed by atoms with Crippen molar-refractivity contribution in [2.75, 3.05) is 50.8 Å². The second kappa shape index (κ2) is 7.62. The van der Waals surface area contributed by atoms with Crippen molar-refractivity contribution in [1.29, 1.82) is 0 Å². The lowest BCUT2D eigenvalue weighted by Crippen LogP contribution is -2.41. The lowest BCUT2D eigenvalue weighted by molar-refractivity contribution is 0.0179. The molecule has 1 unspecified atom stereocenters. The summed E-state index contributed by atoms with van der Waals surface area (Å²) >= 11 is 0. The standard InChI is InChI=1S/C16H27N3O/c1-3-18(4-2)15-7-5-14(6-8-15)16(13-17)19-9-11-20-12-10-19/h5-8,16H,3-4,9-13,17H2,1-2H3. The van der Waals surface area contributed by atoms with Gasteiger partial charge in [-0.2, -0.15) is 0 Å². The Kier molecular flexibility index (Phi) is 5.83. The highest BCUT2D eigenvalue weighted by Crippen LogP contribution is 2.23. The number of morpholine rings is 1. The van der Waals surface area contributed by atoms with Gasteiger partial charge in [0.05, 0.1) is 13.2 Å². The van der Waals surface area contributed by atoms with Gasteiger partial charge in [0.25, 0.3) is 0 Å². The van der Waals surface area contributed by atoms with E-state index in [9.17, 15) is 0 Å². The molecule has 20 heavy (non-hydrogen) atoms. The lowest BCUT2D eigenvalue weighted by atomic mass is 10.0. The zero-order valence-corrected chi connectivity index (χ0v) is 12.7. The predicted octanol–water partition coefficient (Wildman–Crippen LogP) is 1.86. The molecule has 1 saturated heterocycles. The van der Waals surface area contributed by atoms with E-state index in [4.69, 9.17) is 10.5 Å². The van der Waals surface area contributed by atoms with Crippen LogP contribution in [0.15, 0.2) is 24.3 Å². The van der Waals surface area contributed by atoms with Crippen molar-refractivity contribution in [1.82, 2.24) is 4.90 Å². The van der Waals surface area contributed by atoms with Crippen LogP contribution in [0, 0.1) is 0 Å². The van der Waals surface area contributed by atoms with Crippen molar-refractivity contribution in [2.45, 2.75) is 19.9 Å². The SMILES string of the molecule is CCN(CC)c1ccc(C(CN)N2CCOCC2)cc1. The van der Waals surface area contributed by atoms with Crippen molar-refractivity contribution in [3.8, 4) is 0 Å². The van der Waals surface area contributed by atoms with Gasteiger partial charge < -0.3 is 15.4 Å². The third-order valence-electron chi connectivity index (χ3n) is 4.12. The Bertz CT molecular complexity index is 383. The number of ether oxygens (including phenoxy) is 1. The summed E-state index contributed by atoms with van der Waals surface area (Å²) in [6, 6.07) is 9.18. The van der Waals surface area contributed by atoms with E-state index in [0.717, 1.165) is 39.4 Å². The monoisotopic (exact) mass is 277 g/mol. The fourth-order valence-electron chi connectivity index (χ4n) is 2.88. The van der Waals surface area contributed by atoms with Crippen molar-refractivity contribution in [3.05, 3.63) is 29.8 Å². The maximum absolute atomic E-state index is 5.99. The van der Waals surface area contributed by atoms with Crippen LogP contribution in [-0.2, 0) is 4.74 Å². The van der Waals surface area contributed by atoms with Crippen LogP contribution in [0.2, 0.25) is 0 Å². The Morgan fingerprint density at radius 3 is 2.25 bits per heavy atom. The Labute approximate surface area is 122 Å². The molecule has 0 aliphatic carbocycles. The van der Waals surface area contributed by atoms with E-state index < -0.39 is 0 Å². The molecular formula is C16H27N3O. The summed E-state index contributed by atoms with van der Waals surface area (Å²) < 4.78 is 5.42. The highest BCUT2D eigenvalue weighted by Gasteiger charge is 2.21. The Hall–Kier alpha value is -1.10. The molecule has 2 N–H and O–H groups in total. The van der Waals surface area contributed by atoms with E-state index in [2.05, 4.69) is 47.9 Å². The van der Waals surface area contributed by atoms with E-state index >= 15 is 0 Å².